The Bertz CT molecular complexity index is 724. The smallest absolute Gasteiger partial charge is 0.126 e. The van der Waals surface area contributed by atoms with E-state index in [9.17, 15) is 0 Å². The highest BCUT2D eigenvalue weighted by atomic mass is 79.9. The van der Waals surface area contributed by atoms with Crippen LogP contribution in [0.25, 0.3) is 10.9 Å². The van der Waals surface area contributed by atoms with Crippen LogP contribution in [0.5, 0.6) is 0 Å². The predicted molar refractivity (Wildman–Crippen MR) is 85.5 cm³/mol. The van der Waals surface area contributed by atoms with E-state index < -0.39 is 0 Å². The van der Waals surface area contributed by atoms with Crippen LogP contribution in [0.1, 0.15) is 4.88 Å². The first-order valence-electron chi connectivity index (χ1n) is 5.84. The molecular formula is C14H12BrN3S. The molecule has 3 aromatic rings. The Balaban J connectivity index is 1.79. The van der Waals surface area contributed by atoms with Crippen molar-refractivity contribution in [3.8, 4) is 0 Å². The summed E-state index contributed by atoms with van der Waals surface area (Å²) in [6.07, 6.45) is 0. The van der Waals surface area contributed by atoms with Crippen LogP contribution in [-0.4, -0.2) is 4.98 Å². The van der Waals surface area contributed by atoms with Crippen molar-refractivity contribution in [2.45, 2.75) is 6.54 Å². The summed E-state index contributed by atoms with van der Waals surface area (Å²) in [6.45, 7) is 0.781. The van der Waals surface area contributed by atoms with Gasteiger partial charge >= 0.3 is 0 Å². The summed E-state index contributed by atoms with van der Waals surface area (Å²) >= 11 is 5.17. The minimum Gasteiger partial charge on any atom is -0.399 e. The minimum absolute atomic E-state index is 0.762. The molecule has 0 bridgehead atoms. The maximum Gasteiger partial charge on any atom is 0.126 e. The Labute approximate surface area is 123 Å². The van der Waals surface area contributed by atoms with Gasteiger partial charge in [-0.3, -0.25) is 0 Å². The summed E-state index contributed by atoms with van der Waals surface area (Å²) in [5, 5.41) is 6.46. The summed E-state index contributed by atoms with van der Waals surface area (Å²) in [5.74, 6) is 0.877. The lowest BCUT2D eigenvalue weighted by Gasteiger charge is -2.05. The second kappa shape index (κ2) is 5.19. The van der Waals surface area contributed by atoms with Crippen molar-refractivity contribution >= 4 is 49.7 Å². The lowest BCUT2D eigenvalue weighted by atomic mass is 10.2. The third-order valence-corrected chi connectivity index (χ3v) is 4.48. The van der Waals surface area contributed by atoms with Crippen molar-refractivity contribution in [1.82, 2.24) is 4.98 Å². The number of nitrogens with zero attached hydrogens (tertiary/aromatic N) is 1. The zero-order chi connectivity index (χ0) is 13.2. The number of nitrogen functional groups attached to an aromatic ring is 1. The van der Waals surface area contributed by atoms with E-state index in [4.69, 9.17) is 5.73 Å². The van der Waals surface area contributed by atoms with Gasteiger partial charge in [0.2, 0.25) is 0 Å². The van der Waals surface area contributed by atoms with E-state index in [2.05, 4.69) is 37.7 Å². The number of halogens is 1. The first-order chi connectivity index (χ1) is 9.20. The van der Waals surface area contributed by atoms with Gasteiger partial charge in [-0.05, 0) is 52.3 Å². The fourth-order valence-electron chi connectivity index (χ4n) is 1.87. The number of thiophene rings is 1. The zero-order valence-electron chi connectivity index (χ0n) is 10.1. The molecule has 0 aliphatic carbocycles. The standard InChI is InChI=1S/C14H12BrN3S/c15-10-6-12(19-8-10)7-17-14-4-1-9-5-11(16)2-3-13(9)18-14/h1-6,8H,7,16H2,(H,17,18). The Kier molecular flexibility index (Phi) is 3.40. The topological polar surface area (TPSA) is 50.9 Å². The molecule has 0 saturated carbocycles. The van der Waals surface area contributed by atoms with Crippen molar-refractivity contribution in [3.05, 3.63) is 51.1 Å². The molecule has 2 heterocycles. The lowest BCUT2D eigenvalue weighted by molar-refractivity contribution is 1.15. The molecule has 0 spiro atoms. The number of fused-ring (bicyclic) bond motifs is 1. The molecule has 3 nitrogen and oxygen atoms in total. The highest BCUT2D eigenvalue weighted by Crippen LogP contribution is 2.22. The number of nitrogens with two attached hydrogens (primary N) is 1. The molecule has 0 atom stereocenters. The molecule has 0 aliphatic rings. The SMILES string of the molecule is Nc1ccc2nc(NCc3cc(Br)cs3)ccc2c1. The van der Waals surface area contributed by atoms with E-state index >= 15 is 0 Å². The lowest BCUT2D eigenvalue weighted by Crippen LogP contribution is -1.99. The summed E-state index contributed by atoms with van der Waals surface area (Å²) in [5.41, 5.74) is 7.47. The fourth-order valence-corrected chi connectivity index (χ4v) is 3.26. The van der Waals surface area contributed by atoms with Crippen molar-refractivity contribution in [2.24, 2.45) is 0 Å². The Morgan fingerprint density at radius 1 is 1.21 bits per heavy atom. The van der Waals surface area contributed by atoms with Crippen LogP contribution < -0.4 is 11.1 Å². The van der Waals surface area contributed by atoms with Crippen LogP contribution in [0.3, 0.4) is 0 Å². The fraction of sp³-hybridized carbons (Fsp3) is 0.0714. The molecular weight excluding hydrogens is 322 g/mol. The maximum atomic E-state index is 5.75. The number of nitrogens with one attached hydrogen (secondary N) is 1. The average molecular weight is 334 g/mol. The van der Waals surface area contributed by atoms with Gasteiger partial charge in [-0.2, -0.15) is 0 Å². The van der Waals surface area contributed by atoms with E-state index in [0.29, 0.717) is 0 Å². The quantitative estimate of drug-likeness (QED) is 0.704. The van der Waals surface area contributed by atoms with Crippen molar-refractivity contribution in [2.75, 3.05) is 11.1 Å². The number of pyridine rings is 1. The molecule has 0 amide bonds. The van der Waals surface area contributed by atoms with Crippen LogP contribution in [0, 0.1) is 0 Å². The summed E-state index contributed by atoms with van der Waals surface area (Å²) in [7, 11) is 0. The van der Waals surface area contributed by atoms with Gasteiger partial charge in [0.05, 0.1) is 12.1 Å². The molecule has 5 heteroatoms. The third kappa shape index (κ3) is 2.88. The molecule has 0 unspecified atom stereocenters. The van der Waals surface area contributed by atoms with E-state index in [1.165, 1.54) is 4.88 Å². The highest BCUT2D eigenvalue weighted by Gasteiger charge is 2.01. The summed E-state index contributed by atoms with van der Waals surface area (Å²) in [4.78, 5) is 5.83. The summed E-state index contributed by atoms with van der Waals surface area (Å²) in [6, 6.07) is 11.9. The molecule has 2 aromatic heterocycles. The Hall–Kier alpha value is -1.59. The molecule has 96 valence electrons. The summed E-state index contributed by atoms with van der Waals surface area (Å²) < 4.78 is 1.12. The van der Waals surface area contributed by atoms with Gasteiger partial charge in [-0.25, -0.2) is 4.98 Å². The molecule has 3 N–H and O–H groups in total. The molecule has 0 radical (unpaired) electrons. The molecule has 0 saturated heterocycles. The predicted octanol–water partition coefficient (Wildman–Crippen LogP) is 4.25. The van der Waals surface area contributed by atoms with Crippen molar-refractivity contribution in [3.63, 3.8) is 0 Å². The molecule has 3 rings (SSSR count). The first kappa shape index (κ1) is 12.4. The van der Waals surface area contributed by atoms with E-state index in [1.54, 1.807) is 11.3 Å². The second-order valence-electron chi connectivity index (χ2n) is 4.23. The largest absolute Gasteiger partial charge is 0.399 e. The van der Waals surface area contributed by atoms with Gasteiger partial charge in [0.25, 0.3) is 0 Å². The number of anilines is 2. The Morgan fingerprint density at radius 2 is 2.11 bits per heavy atom. The molecule has 0 aliphatic heterocycles. The van der Waals surface area contributed by atoms with Crippen LogP contribution >= 0.6 is 27.3 Å². The van der Waals surface area contributed by atoms with Crippen LogP contribution in [0.4, 0.5) is 11.5 Å². The number of hydrogen-bond donors (Lipinski definition) is 2. The Morgan fingerprint density at radius 3 is 2.89 bits per heavy atom. The average Bonchev–Trinajstić information content (AvgIpc) is 2.82. The molecule has 19 heavy (non-hydrogen) atoms. The number of aromatic nitrogens is 1. The third-order valence-electron chi connectivity index (χ3n) is 2.78. The first-order valence-corrected chi connectivity index (χ1v) is 7.51. The number of rotatable bonds is 3. The second-order valence-corrected chi connectivity index (χ2v) is 6.14. The van der Waals surface area contributed by atoms with E-state index in [1.807, 2.05) is 30.3 Å². The zero-order valence-corrected chi connectivity index (χ0v) is 12.5. The van der Waals surface area contributed by atoms with E-state index in [-0.39, 0.29) is 0 Å². The van der Waals surface area contributed by atoms with Crippen LogP contribution in [0.2, 0.25) is 0 Å². The molecule has 0 fully saturated rings. The monoisotopic (exact) mass is 333 g/mol. The van der Waals surface area contributed by atoms with Crippen LogP contribution in [0.15, 0.2) is 46.3 Å². The molecule has 1 aromatic carbocycles. The van der Waals surface area contributed by atoms with Crippen LogP contribution in [-0.2, 0) is 6.54 Å². The number of benzene rings is 1. The minimum atomic E-state index is 0.762. The van der Waals surface area contributed by atoms with Gasteiger partial charge in [0, 0.05) is 25.8 Å². The van der Waals surface area contributed by atoms with Gasteiger partial charge in [-0.1, -0.05) is 0 Å². The van der Waals surface area contributed by atoms with Gasteiger partial charge in [0.1, 0.15) is 5.82 Å². The normalized spacial score (nSPS) is 10.8. The van der Waals surface area contributed by atoms with Gasteiger partial charge in [-0.15, -0.1) is 11.3 Å². The highest BCUT2D eigenvalue weighted by molar-refractivity contribution is 9.10. The van der Waals surface area contributed by atoms with Gasteiger partial charge in [0.15, 0.2) is 0 Å². The van der Waals surface area contributed by atoms with Crippen molar-refractivity contribution < 1.29 is 0 Å². The number of hydrogen-bond acceptors (Lipinski definition) is 4. The van der Waals surface area contributed by atoms with E-state index in [0.717, 1.165) is 33.4 Å². The maximum absolute atomic E-state index is 5.75. The van der Waals surface area contributed by atoms with Gasteiger partial charge < -0.3 is 11.1 Å². The van der Waals surface area contributed by atoms with Crippen molar-refractivity contribution in [1.29, 1.82) is 0 Å².